The first kappa shape index (κ1) is 16.9. The van der Waals surface area contributed by atoms with Crippen LogP contribution in [0.2, 0.25) is 0 Å². The number of aryl methyl sites for hydroxylation is 3. The van der Waals surface area contributed by atoms with Gasteiger partial charge >= 0.3 is 0 Å². The molecule has 3 nitrogen and oxygen atoms in total. The number of rotatable bonds is 5. The van der Waals surface area contributed by atoms with Gasteiger partial charge in [0, 0.05) is 26.4 Å². The Morgan fingerprint density at radius 1 is 1.21 bits per heavy atom. The topological polar surface area (TPSA) is 42.0 Å². The number of thiophene rings is 1. The van der Waals surface area contributed by atoms with E-state index in [4.69, 9.17) is 0 Å². The molecule has 0 spiro atoms. The number of hydrogen-bond acceptors (Lipinski definition) is 4. The van der Waals surface area contributed by atoms with E-state index < -0.39 is 0 Å². The predicted molar refractivity (Wildman–Crippen MR) is 103 cm³/mol. The van der Waals surface area contributed by atoms with Gasteiger partial charge in [0.15, 0.2) is 0 Å². The maximum atomic E-state index is 12.2. The number of aromatic nitrogens is 1. The second-order valence-corrected chi connectivity index (χ2v) is 8.13. The van der Waals surface area contributed by atoms with Gasteiger partial charge in [-0.15, -0.1) is 22.7 Å². The molecule has 2 aromatic heterocycles. The Bertz CT molecular complexity index is 847. The molecule has 5 heteroatoms. The largest absolute Gasteiger partial charge is 0.326 e. The molecule has 24 heavy (non-hydrogen) atoms. The lowest BCUT2D eigenvalue weighted by atomic mass is 10.1. The zero-order chi connectivity index (χ0) is 17.1. The van der Waals surface area contributed by atoms with Gasteiger partial charge in [0.2, 0.25) is 5.91 Å². The Morgan fingerprint density at radius 2 is 1.96 bits per heavy atom. The highest BCUT2D eigenvalue weighted by Gasteiger charge is 2.12. The van der Waals surface area contributed by atoms with Gasteiger partial charge in [-0.25, -0.2) is 4.98 Å². The number of carbonyl (C=O) groups is 1. The van der Waals surface area contributed by atoms with Crippen molar-refractivity contribution in [2.24, 2.45) is 0 Å². The molecule has 3 aromatic rings. The van der Waals surface area contributed by atoms with E-state index in [0.29, 0.717) is 6.42 Å². The van der Waals surface area contributed by atoms with Crippen molar-refractivity contribution in [3.63, 3.8) is 0 Å². The normalized spacial score (nSPS) is 10.8. The van der Waals surface area contributed by atoms with Crippen molar-refractivity contribution in [2.45, 2.75) is 33.6 Å². The first-order chi connectivity index (χ1) is 11.5. The van der Waals surface area contributed by atoms with E-state index in [2.05, 4.69) is 37.1 Å². The van der Waals surface area contributed by atoms with E-state index in [9.17, 15) is 4.79 Å². The number of nitrogens with zero attached hydrogens (tertiary/aromatic N) is 1. The minimum Gasteiger partial charge on any atom is -0.326 e. The van der Waals surface area contributed by atoms with Gasteiger partial charge < -0.3 is 5.32 Å². The molecule has 1 N–H and O–H groups in total. The first-order valence-electron chi connectivity index (χ1n) is 7.95. The molecule has 0 unspecified atom stereocenters. The molecule has 0 atom stereocenters. The number of hydrogen-bond donors (Lipinski definition) is 1. The SMILES string of the molecule is CCc1ccc(NC(=O)Cc2nc(-c3cc(C)sc3C)cs2)cc1. The Morgan fingerprint density at radius 3 is 2.58 bits per heavy atom. The third-order valence-electron chi connectivity index (χ3n) is 3.83. The summed E-state index contributed by atoms with van der Waals surface area (Å²) in [6.45, 7) is 6.33. The number of thiazole rings is 1. The highest BCUT2D eigenvalue weighted by atomic mass is 32.1. The lowest BCUT2D eigenvalue weighted by Crippen LogP contribution is -2.14. The van der Waals surface area contributed by atoms with Crippen LogP contribution >= 0.6 is 22.7 Å². The standard InChI is InChI=1S/C19H20N2OS2/c1-4-14-5-7-15(8-6-14)20-18(22)10-19-21-17(11-23-19)16-9-12(2)24-13(16)3/h5-9,11H,4,10H2,1-3H3,(H,20,22). The minimum absolute atomic E-state index is 0.0293. The molecule has 1 aromatic carbocycles. The fourth-order valence-corrected chi connectivity index (χ4v) is 4.29. The number of carbonyl (C=O) groups excluding carboxylic acids is 1. The molecule has 0 fully saturated rings. The lowest BCUT2D eigenvalue weighted by molar-refractivity contribution is -0.115. The molecular formula is C19H20N2OS2. The molecule has 0 bridgehead atoms. The third kappa shape index (κ3) is 3.91. The summed E-state index contributed by atoms with van der Waals surface area (Å²) in [5, 5.41) is 5.81. The van der Waals surface area contributed by atoms with Crippen LogP contribution in [-0.2, 0) is 17.6 Å². The summed E-state index contributed by atoms with van der Waals surface area (Å²) in [6.07, 6.45) is 1.31. The molecule has 0 saturated heterocycles. The second kappa shape index (κ2) is 7.28. The van der Waals surface area contributed by atoms with E-state index >= 15 is 0 Å². The van der Waals surface area contributed by atoms with Crippen molar-refractivity contribution in [1.82, 2.24) is 4.98 Å². The minimum atomic E-state index is -0.0293. The summed E-state index contributed by atoms with van der Waals surface area (Å²) >= 11 is 3.32. The summed E-state index contributed by atoms with van der Waals surface area (Å²) < 4.78 is 0. The quantitative estimate of drug-likeness (QED) is 0.680. The summed E-state index contributed by atoms with van der Waals surface area (Å²) in [5.74, 6) is -0.0293. The van der Waals surface area contributed by atoms with Crippen molar-refractivity contribution in [1.29, 1.82) is 0 Å². The summed E-state index contributed by atoms with van der Waals surface area (Å²) in [6, 6.07) is 10.1. The Hall–Kier alpha value is -1.98. The molecule has 0 radical (unpaired) electrons. The van der Waals surface area contributed by atoms with E-state index in [-0.39, 0.29) is 5.91 Å². The molecular weight excluding hydrogens is 336 g/mol. The lowest BCUT2D eigenvalue weighted by Gasteiger charge is -2.04. The summed E-state index contributed by atoms with van der Waals surface area (Å²) in [7, 11) is 0. The van der Waals surface area contributed by atoms with Gasteiger partial charge in [-0.3, -0.25) is 4.79 Å². The van der Waals surface area contributed by atoms with Crippen LogP contribution in [0, 0.1) is 13.8 Å². The maximum absolute atomic E-state index is 12.2. The van der Waals surface area contributed by atoms with Gasteiger partial charge in [0.25, 0.3) is 0 Å². The molecule has 0 saturated carbocycles. The monoisotopic (exact) mass is 356 g/mol. The van der Waals surface area contributed by atoms with Crippen molar-refractivity contribution >= 4 is 34.3 Å². The third-order valence-corrected chi connectivity index (χ3v) is 5.64. The van der Waals surface area contributed by atoms with Crippen LogP contribution in [-0.4, -0.2) is 10.9 Å². The van der Waals surface area contributed by atoms with Crippen LogP contribution in [0.5, 0.6) is 0 Å². The molecule has 0 aliphatic heterocycles. The van der Waals surface area contributed by atoms with Crippen LogP contribution in [0.25, 0.3) is 11.3 Å². The maximum Gasteiger partial charge on any atom is 0.231 e. The van der Waals surface area contributed by atoms with Crippen molar-refractivity contribution in [3.8, 4) is 11.3 Å². The average molecular weight is 357 g/mol. The Labute approximate surface area is 150 Å². The van der Waals surface area contributed by atoms with Gasteiger partial charge in [0.05, 0.1) is 12.1 Å². The van der Waals surface area contributed by atoms with Gasteiger partial charge in [0.1, 0.15) is 5.01 Å². The predicted octanol–water partition coefficient (Wildman–Crippen LogP) is 5.23. The zero-order valence-corrected chi connectivity index (χ0v) is 15.7. The zero-order valence-electron chi connectivity index (χ0n) is 14.1. The fraction of sp³-hybridized carbons (Fsp3) is 0.263. The first-order valence-corrected chi connectivity index (χ1v) is 9.65. The molecule has 1 amide bonds. The summed E-state index contributed by atoms with van der Waals surface area (Å²) in [4.78, 5) is 19.4. The summed E-state index contributed by atoms with van der Waals surface area (Å²) in [5.41, 5.74) is 4.24. The number of benzene rings is 1. The number of nitrogens with one attached hydrogen (secondary N) is 1. The van der Waals surface area contributed by atoms with Gasteiger partial charge in [-0.05, 0) is 44.0 Å². The molecule has 0 aliphatic carbocycles. The number of anilines is 1. The Kier molecular flexibility index (Phi) is 5.11. The molecule has 3 rings (SSSR count). The van der Waals surface area contributed by atoms with Crippen molar-refractivity contribution in [2.75, 3.05) is 5.32 Å². The molecule has 124 valence electrons. The van der Waals surface area contributed by atoms with Crippen LogP contribution < -0.4 is 5.32 Å². The van der Waals surface area contributed by atoms with Gasteiger partial charge in [-0.1, -0.05) is 19.1 Å². The van der Waals surface area contributed by atoms with Crippen LogP contribution in [0.3, 0.4) is 0 Å². The van der Waals surface area contributed by atoms with E-state index in [1.807, 2.05) is 29.6 Å². The average Bonchev–Trinajstić information content (AvgIpc) is 3.14. The number of amides is 1. The van der Waals surface area contributed by atoms with Gasteiger partial charge in [-0.2, -0.15) is 0 Å². The van der Waals surface area contributed by atoms with Crippen molar-refractivity contribution < 1.29 is 4.79 Å². The van der Waals surface area contributed by atoms with E-state index in [1.54, 1.807) is 11.3 Å². The Balaban J connectivity index is 1.65. The van der Waals surface area contributed by atoms with Crippen molar-refractivity contribution in [3.05, 3.63) is 56.0 Å². The van der Waals surface area contributed by atoms with Crippen LogP contribution in [0.4, 0.5) is 5.69 Å². The van der Waals surface area contributed by atoms with E-state index in [0.717, 1.165) is 22.8 Å². The fourth-order valence-electron chi connectivity index (χ4n) is 2.57. The van der Waals surface area contributed by atoms with Crippen LogP contribution in [0.15, 0.2) is 35.7 Å². The highest BCUT2D eigenvalue weighted by molar-refractivity contribution is 7.12. The highest BCUT2D eigenvalue weighted by Crippen LogP contribution is 2.31. The second-order valence-electron chi connectivity index (χ2n) is 5.73. The molecule has 0 aliphatic rings. The smallest absolute Gasteiger partial charge is 0.231 e. The molecule has 2 heterocycles. The van der Waals surface area contributed by atoms with E-state index in [1.165, 1.54) is 32.2 Å². The van der Waals surface area contributed by atoms with Crippen LogP contribution in [0.1, 0.15) is 27.2 Å².